The average molecular weight is 366 g/mol. The highest BCUT2D eigenvalue weighted by molar-refractivity contribution is 8.00. The van der Waals surface area contributed by atoms with Gasteiger partial charge in [-0.15, -0.1) is 11.8 Å². The van der Waals surface area contributed by atoms with Crippen molar-refractivity contribution in [1.29, 1.82) is 0 Å². The van der Waals surface area contributed by atoms with Crippen molar-refractivity contribution < 1.29 is 19.2 Å². The summed E-state index contributed by atoms with van der Waals surface area (Å²) in [5, 5.41) is -0.0977. The number of hydrogen-bond acceptors (Lipinski definition) is 5. The molecule has 2 unspecified atom stereocenters. The number of benzene rings is 1. The quantitative estimate of drug-likeness (QED) is 0.812. The normalized spacial score (nSPS) is 20.4. The summed E-state index contributed by atoms with van der Waals surface area (Å²) in [5.74, 6) is 0.778. The van der Waals surface area contributed by atoms with Crippen LogP contribution in [0.15, 0.2) is 24.3 Å². The molecule has 1 N–H and O–H groups in total. The van der Waals surface area contributed by atoms with Crippen molar-refractivity contribution in [2.45, 2.75) is 39.1 Å². The van der Waals surface area contributed by atoms with E-state index in [2.05, 4.69) is 26.3 Å². The molecule has 0 radical (unpaired) electrons. The third-order valence-electron chi connectivity index (χ3n) is 3.93. The van der Waals surface area contributed by atoms with Crippen molar-refractivity contribution in [3.63, 3.8) is 0 Å². The number of ether oxygens (including phenoxy) is 1. The van der Waals surface area contributed by atoms with Gasteiger partial charge in [0.1, 0.15) is 11.8 Å². The highest BCUT2D eigenvalue weighted by Crippen LogP contribution is 2.41. The third-order valence-corrected chi connectivity index (χ3v) is 5.69. The van der Waals surface area contributed by atoms with E-state index < -0.39 is 6.04 Å². The summed E-state index contributed by atoms with van der Waals surface area (Å²) in [7, 11) is 1.58. The molecule has 1 saturated heterocycles. The highest BCUT2D eigenvalue weighted by Gasteiger charge is 2.46. The van der Waals surface area contributed by atoms with Gasteiger partial charge in [0, 0.05) is 11.3 Å². The zero-order chi connectivity index (χ0) is 18.6. The van der Waals surface area contributed by atoms with Crippen molar-refractivity contribution in [2.24, 2.45) is 5.41 Å². The van der Waals surface area contributed by atoms with Gasteiger partial charge >= 0.3 is 0 Å². The van der Waals surface area contributed by atoms with E-state index in [1.54, 1.807) is 55.0 Å². The molecule has 0 aliphatic carbocycles. The smallest absolute Gasteiger partial charge is 0.267 e. The number of nitrogens with one attached hydrogen (secondary N) is 1. The largest absolute Gasteiger partial charge is 0.497 e. The minimum atomic E-state index is -0.560. The van der Waals surface area contributed by atoms with E-state index in [0.29, 0.717) is 23.7 Å². The van der Waals surface area contributed by atoms with Crippen LogP contribution >= 0.6 is 11.8 Å². The summed E-state index contributed by atoms with van der Waals surface area (Å²) in [4.78, 5) is 32.3. The standard InChI is InChI=1S/C18H26N2O4S/c1-6-24-19-15(21)14-11-25-17(18(2,3)4)20(14)16(22)12-7-9-13(23-5)10-8-12/h7-10,14,17H,6,11H2,1-5H3,(H,19,21). The maximum absolute atomic E-state index is 13.1. The molecule has 1 aliphatic rings. The fourth-order valence-electron chi connectivity index (χ4n) is 2.72. The van der Waals surface area contributed by atoms with Crippen LogP contribution in [0.4, 0.5) is 0 Å². The summed E-state index contributed by atoms with van der Waals surface area (Å²) in [6, 6.07) is 6.38. The lowest BCUT2D eigenvalue weighted by atomic mass is 9.94. The number of hydroxylamine groups is 1. The second-order valence-electron chi connectivity index (χ2n) is 6.91. The summed E-state index contributed by atoms with van der Waals surface area (Å²) in [5.41, 5.74) is 2.81. The zero-order valence-electron chi connectivity index (χ0n) is 15.4. The minimum absolute atomic E-state index is 0.0977. The summed E-state index contributed by atoms with van der Waals surface area (Å²) in [6.07, 6.45) is 0. The van der Waals surface area contributed by atoms with E-state index in [0.717, 1.165) is 0 Å². The number of nitrogens with zero attached hydrogens (tertiary/aromatic N) is 1. The molecule has 2 amide bonds. The Morgan fingerprint density at radius 3 is 2.44 bits per heavy atom. The van der Waals surface area contributed by atoms with Crippen LogP contribution in [0, 0.1) is 5.41 Å². The SMILES string of the molecule is CCONC(=O)C1CSC(C(C)(C)C)N1C(=O)c1ccc(OC)cc1. The number of rotatable bonds is 5. The van der Waals surface area contributed by atoms with Gasteiger partial charge in [0.25, 0.3) is 11.8 Å². The lowest BCUT2D eigenvalue weighted by Gasteiger charge is -2.36. The van der Waals surface area contributed by atoms with E-state index in [-0.39, 0.29) is 22.6 Å². The van der Waals surface area contributed by atoms with Gasteiger partial charge in [0.15, 0.2) is 0 Å². The Hall–Kier alpha value is -1.73. The fourth-order valence-corrected chi connectivity index (χ4v) is 4.30. The van der Waals surface area contributed by atoms with Gasteiger partial charge in [0.2, 0.25) is 0 Å². The number of amides is 2. The van der Waals surface area contributed by atoms with Crippen LogP contribution in [0.1, 0.15) is 38.1 Å². The van der Waals surface area contributed by atoms with Gasteiger partial charge in [-0.3, -0.25) is 14.4 Å². The molecule has 0 bridgehead atoms. The van der Waals surface area contributed by atoms with Gasteiger partial charge < -0.3 is 9.64 Å². The summed E-state index contributed by atoms with van der Waals surface area (Å²) in [6.45, 7) is 8.38. The molecule has 25 heavy (non-hydrogen) atoms. The van der Waals surface area contributed by atoms with E-state index in [1.807, 2.05) is 0 Å². The minimum Gasteiger partial charge on any atom is -0.497 e. The first-order valence-electron chi connectivity index (χ1n) is 8.29. The van der Waals surface area contributed by atoms with E-state index in [1.165, 1.54) is 0 Å². The Balaban J connectivity index is 2.30. The van der Waals surface area contributed by atoms with Crippen molar-refractivity contribution in [1.82, 2.24) is 10.4 Å². The molecule has 1 aliphatic heterocycles. The van der Waals surface area contributed by atoms with Crippen LogP contribution in [0.5, 0.6) is 5.75 Å². The molecule has 7 heteroatoms. The van der Waals surface area contributed by atoms with Gasteiger partial charge in [-0.1, -0.05) is 20.8 Å². The van der Waals surface area contributed by atoms with Crippen LogP contribution in [0.3, 0.4) is 0 Å². The molecular formula is C18H26N2O4S. The maximum atomic E-state index is 13.1. The molecule has 2 rings (SSSR count). The predicted octanol–water partition coefficient (Wildman–Crippen LogP) is 2.69. The Morgan fingerprint density at radius 2 is 1.92 bits per heavy atom. The number of hydrogen-bond donors (Lipinski definition) is 1. The predicted molar refractivity (Wildman–Crippen MR) is 98.4 cm³/mol. The third kappa shape index (κ3) is 4.46. The molecule has 2 atom stereocenters. The Morgan fingerprint density at radius 1 is 1.28 bits per heavy atom. The molecule has 138 valence electrons. The number of methoxy groups -OCH3 is 1. The van der Waals surface area contributed by atoms with Crippen LogP contribution < -0.4 is 10.2 Å². The van der Waals surface area contributed by atoms with Gasteiger partial charge in [0.05, 0.1) is 19.1 Å². The average Bonchev–Trinajstić information content (AvgIpc) is 3.04. The van der Waals surface area contributed by atoms with Gasteiger partial charge in [-0.05, 0) is 36.6 Å². The number of carbonyl (C=O) groups excluding carboxylic acids is 2. The maximum Gasteiger partial charge on any atom is 0.267 e. The molecule has 1 heterocycles. The molecule has 6 nitrogen and oxygen atoms in total. The van der Waals surface area contributed by atoms with E-state index >= 15 is 0 Å². The van der Waals surface area contributed by atoms with Crippen molar-refractivity contribution >= 4 is 23.6 Å². The van der Waals surface area contributed by atoms with Crippen LogP contribution in [0.25, 0.3) is 0 Å². The van der Waals surface area contributed by atoms with Gasteiger partial charge in [-0.2, -0.15) is 0 Å². The number of thioether (sulfide) groups is 1. The summed E-state index contributed by atoms with van der Waals surface area (Å²) < 4.78 is 5.14. The Labute approximate surface area is 153 Å². The first kappa shape index (κ1) is 19.6. The van der Waals surface area contributed by atoms with Crippen molar-refractivity contribution in [3.8, 4) is 5.75 Å². The second kappa shape index (κ2) is 8.10. The zero-order valence-corrected chi connectivity index (χ0v) is 16.2. The highest BCUT2D eigenvalue weighted by atomic mass is 32.2. The molecule has 1 aromatic carbocycles. The monoisotopic (exact) mass is 366 g/mol. The Kier molecular flexibility index (Phi) is 6.35. The van der Waals surface area contributed by atoms with Gasteiger partial charge in [-0.25, -0.2) is 5.48 Å². The molecular weight excluding hydrogens is 340 g/mol. The van der Waals surface area contributed by atoms with Crippen LogP contribution in [0.2, 0.25) is 0 Å². The molecule has 1 aromatic rings. The molecule has 0 spiro atoms. The van der Waals surface area contributed by atoms with Crippen LogP contribution in [-0.2, 0) is 9.63 Å². The summed E-state index contributed by atoms with van der Waals surface area (Å²) >= 11 is 1.62. The Bertz CT molecular complexity index is 612. The molecule has 1 fully saturated rings. The molecule has 0 aromatic heterocycles. The van der Waals surface area contributed by atoms with E-state index in [9.17, 15) is 9.59 Å². The van der Waals surface area contributed by atoms with Crippen LogP contribution in [-0.4, -0.2) is 47.6 Å². The first-order chi connectivity index (χ1) is 11.8. The van der Waals surface area contributed by atoms with E-state index in [4.69, 9.17) is 9.57 Å². The topological polar surface area (TPSA) is 67.9 Å². The first-order valence-corrected chi connectivity index (χ1v) is 9.34. The van der Waals surface area contributed by atoms with Crippen molar-refractivity contribution in [2.75, 3.05) is 19.5 Å². The van der Waals surface area contributed by atoms with Crippen molar-refractivity contribution in [3.05, 3.63) is 29.8 Å². The molecule has 0 saturated carbocycles. The fraction of sp³-hybridized carbons (Fsp3) is 0.556. The lowest BCUT2D eigenvalue weighted by Crippen LogP contribution is -2.52. The second-order valence-corrected chi connectivity index (χ2v) is 8.02. The number of carbonyl (C=O) groups is 2. The lowest BCUT2D eigenvalue weighted by molar-refractivity contribution is -0.137.